The predicted octanol–water partition coefficient (Wildman–Crippen LogP) is 2.22. The van der Waals surface area contributed by atoms with E-state index in [4.69, 9.17) is 15.2 Å². The second-order valence-electron chi connectivity index (χ2n) is 4.33. The van der Waals surface area contributed by atoms with Crippen LogP contribution >= 0.6 is 0 Å². The van der Waals surface area contributed by atoms with Gasteiger partial charge in [-0.15, -0.1) is 0 Å². The van der Waals surface area contributed by atoms with Crippen LogP contribution in [0, 0.1) is 0 Å². The lowest BCUT2D eigenvalue weighted by Crippen LogP contribution is -1.96. The van der Waals surface area contributed by atoms with Crippen LogP contribution in [0.1, 0.15) is 0 Å². The van der Waals surface area contributed by atoms with Gasteiger partial charge >= 0.3 is 0 Å². The predicted molar refractivity (Wildman–Crippen MR) is 76.8 cm³/mol. The van der Waals surface area contributed by atoms with Crippen molar-refractivity contribution in [3.8, 4) is 22.6 Å². The molecule has 1 heterocycles. The minimum absolute atomic E-state index is 0.588. The van der Waals surface area contributed by atoms with E-state index < -0.39 is 0 Å². The molecule has 1 aromatic heterocycles. The van der Waals surface area contributed by atoms with Crippen molar-refractivity contribution < 1.29 is 9.47 Å². The molecule has 20 heavy (non-hydrogen) atoms. The van der Waals surface area contributed by atoms with Gasteiger partial charge in [-0.3, -0.25) is 0 Å². The summed E-state index contributed by atoms with van der Waals surface area (Å²) in [6, 6.07) is 9.30. The number of nitrogens with zero attached hydrogens (tertiary/aromatic N) is 2. The van der Waals surface area contributed by atoms with E-state index in [0.717, 1.165) is 22.2 Å². The molecule has 2 aromatic carbocycles. The van der Waals surface area contributed by atoms with Gasteiger partial charge in [0.2, 0.25) is 0 Å². The van der Waals surface area contributed by atoms with Gasteiger partial charge in [0.1, 0.15) is 22.5 Å². The van der Waals surface area contributed by atoms with Crippen LogP contribution in [0.15, 0.2) is 30.3 Å². The van der Waals surface area contributed by atoms with Gasteiger partial charge < -0.3 is 15.2 Å². The number of ether oxygens (including phenoxy) is 2. The third kappa shape index (κ3) is 1.91. The molecule has 3 N–H and O–H groups in total. The fraction of sp³-hybridized carbons (Fsp3) is 0.143. The zero-order valence-corrected chi connectivity index (χ0v) is 11.2. The maximum atomic E-state index is 5.84. The van der Waals surface area contributed by atoms with Gasteiger partial charge in [-0.05, 0) is 17.7 Å². The summed E-state index contributed by atoms with van der Waals surface area (Å²) in [5.74, 6) is 1.31. The van der Waals surface area contributed by atoms with Gasteiger partial charge in [0.15, 0.2) is 0 Å². The molecule has 0 atom stereocenters. The number of H-pyrrole nitrogens is 1. The van der Waals surface area contributed by atoms with E-state index in [-0.39, 0.29) is 0 Å². The molecule has 0 fully saturated rings. The van der Waals surface area contributed by atoms with Crippen molar-refractivity contribution >= 4 is 16.7 Å². The molecular formula is C14H14N4O2. The third-order valence-corrected chi connectivity index (χ3v) is 3.13. The Bertz CT molecular complexity index is 742. The Hall–Kier alpha value is -2.76. The van der Waals surface area contributed by atoms with Crippen LogP contribution in [-0.2, 0) is 0 Å². The molecule has 0 saturated carbocycles. The summed E-state index contributed by atoms with van der Waals surface area (Å²) >= 11 is 0. The van der Waals surface area contributed by atoms with Crippen molar-refractivity contribution in [3.05, 3.63) is 30.3 Å². The van der Waals surface area contributed by atoms with E-state index in [2.05, 4.69) is 15.4 Å². The summed E-state index contributed by atoms with van der Waals surface area (Å²) in [7, 11) is 3.21. The van der Waals surface area contributed by atoms with Gasteiger partial charge in [-0.25, -0.2) is 0 Å². The van der Waals surface area contributed by atoms with E-state index in [1.807, 2.05) is 18.2 Å². The Morgan fingerprint density at radius 2 is 1.60 bits per heavy atom. The molecule has 0 saturated heterocycles. The average molecular weight is 270 g/mol. The molecule has 0 amide bonds. The quantitative estimate of drug-likeness (QED) is 0.713. The second kappa shape index (κ2) is 4.73. The van der Waals surface area contributed by atoms with Gasteiger partial charge in [0.25, 0.3) is 0 Å². The smallest absolute Gasteiger partial charge is 0.132 e. The standard InChI is InChI=1S/C14H14N4O2/c1-19-12-6-9(15)7-13(20-2)14(12)8-3-4-10-11(5-8)17-18-16-10/h3-7H,15H2,1-2H3,(H,16,17,18). The summed E-state index contributed by atoms with van der Waals surface area (Å²) in [5.41, 5.74) is 9.79. The highest BCUT2D eigenvalue weighted by molar-refractivity contribution is 5.86. The minimum atomic E-state index is 0.588. The fourth-order valence-corrected chi connectivity index (χ4v) is 2.21. The summed E-state index contributed by atoms with van der Waals surface area (Å²) in [6.45, 7) is 0. The molecule has 0 bridgehead atoms. The number of nitrogen functional groups attached to an aromatic ring is 1. The molecular weight excluding hydrogens is 256 g/mol. The highest BCUT2D eigenvalue weighted by Crippen LogP contribution is 2.40. The number of benzene rings is 2. The number of aromatic amines is 1. The molecule has 3 aromatic rings. The van der Waals surface area contributed by atoms with Gasteiger partial charge in [0, 0.05) is 17.8 Å². The fourth-order valence-electron chi connectivity index (χ4n) is 2.21. The monoisotopic (exact) mass is 270 g/mol. The number of nitrogens with two attached hydrogens (primary N) is 1. The normalized spacial score (nSPS) is 10.7. The van der Waals surface area contributed by atoms with Crippen LogP contribution in [-0.4, -0.2) is 29.6 Å². The highest BCUT2D eigenvalue weighted by Gasteiger charge is 2.15. The molecule has 102 valence electrons. The minimum Gasteiger partial charge on any atom is -0.496 e. The lowest BCUT2D eigenvalue weighted by atomic mass is 10.0. The van der Waals surface area contributed by atoms with E-state index in [1.165, 1.54) is 0 Å². The molecule has 0 radical (unpaired) electrons. The Kier molecular flexibility index (Phi) is 2.90. The summed E-state index contributed by atoms with van der Waals surface area (Å²) < 4.78 is 10.8. The summed E-state index contributed by atoms with van der Waals surface area (Å²) in [6.07, 6.45) is 0. The topological polar surface area (TPSA) is 86.0 Å². The number of nitrogens with one attached hydrogen (secondary N) is 1. The Morgan fingerprint density at radius 3 is 2.25 bits per heavy atom. The first-order valence-electron chi connectivity index (χ1n) is 6.05. The first-order chi connectivity index (χ1) is 9.72. The van der Waals surface area contributed by atoms with Gasteiger partial charge in [-0.2, -0.15) is 15.4 Å². The number of anilines is 1. The SMILES string of the molecule is COc1cc(N)cc(OC)c1-c1ccc2n[nH]nc2c1. The lowest BCUT2D eigenvalue weighted by molar-refractivity contribution is 0.398. The third-order valence-electron chi connectivity index (χ3n) is 3.13. The van der Waals surface area contributed by atoms with Crippen LogP contribution in [0.3, 0.4) is 0 Å². The zero-order valence-electron chi connectivity index (χ0n) is 11.2. The van der Waals surface area contributed by atoms with Crippen molar-refractivity contribution in [2.24, 2.45) is 0 Å². The molecule has 0 spiro atoms. The highest BCUT2D eigenvalue weighted by atomic mass is 16.5. The first kappa shape index (κ1) is 12.3. The van der Waals surface area contributed by atoms with Gasteiger partial charge in [0.05, 0.1) is 19.8 Å². The zero-order chi connectivity index (χ0) is 14.1. The van der Waals surface area contributed by atoms with Crippen molar-refractivity contribution in [1.29, 1.82) is 0 Å². The lowest BCUT2D eigenvalue weighted by Gasteiger charge is -2.14. The molecule has 6 nitrogen and oxygen atoms in total. The average Bonchev–Trinajstić information content (AvgIpc) is 2.93. The van der Waals surface area contributed by atoms with E-state index >= 15 is 0 Å². The number of fused-ring (bicyclic) bond motifs is 1. The molecule has 3 rings (SSSR count). The van der Waals surface area contributed by atoms with Crippen molar-refractivity contribution in [3.63, 3.8) is 0 Å². The van der Waals surface area contributed by atoms with Crippen molar-refractivity contribution in [2.45, 2.75) is 0 Å². The molecule has 6 heteroatoms. The maximum Gasteiger partial charge on any atom is 0.132 e. The number of rotatable bonds is 3. The number of methoxy groups -OCH3 is 2. The van der Waals surface area contributed by atoms with E-state index in [1.54, 1.807) is 26.4 Å². The van der Waals surface area contributed by atoms with Crippen LogP contribution in [0.2, 0.25) is 0 Å². The van der Waals surface area contributed by atoms with Crippen molar-refractivity contribution in [1.82, 2.24) is 15.4 Å². The van der Waals surface area contributed by atoms with Gasteiger partial charge in [-0.1, -0.05) is 6.07 Å². The van der Waals surface area contributed by atoms with Crippen LogP contribution in [0.25, 0.3) is 22.2 Å². The summed E-state index contributed by atoms with van der Waals surface area (Å²) in [4.78, 5) is 0. The molecule has 0 aliphatic rings. The Labute approximate surface area is 115 Å². The van der Waals surface area contributed by atoms with E-state index in [9.17, 15) is 0 Å². The molecule has 0 aliphatic carbocycles. The number of hydrogen-bond acceptors (Lipinski definition) is 5. The first-order valence-corrected chi connectivity index (χ1v) is 6.05. The Morgan fingerprint density at radius 1 is 0.950 bits per heavy atom. The van der Waals surface area contributed by atoms with Crippen LogP contribution in [0.4, 0.5) is 5.69 Å². The van der Waals surface area contributed by atoms with Crippen LogP contribution in [0.5, 0.6) is 11.5 Å². The molecule has 0 unspecified atom stereocenters. The maximum absolute atomic E-state index is 5.84. The Balaban J connectivity index is 2.26. The number of hydrogen-bond donors (Lipinski definition) is 2. The van der Waals surface area contributed by atoms with Crippen LogP contribution < -0.4 is 15.2 Å². The summed E-state index contributed by atoms with van der Waals surface area (Å²) in [5, 5.41) is 10.7. The largest absolute Gasteiger partial charge is 0.496 e. The van der Waals surface area contributed by atoms with Crippen molar-refractivity contribution in [2.75, 3.05) is 20.0 Å². The molecule has 0 aliphatic heterocycles. The number of aromatic nitrogens is 3. The van der Waals surface area contributed by atoms with E-state index in [0.29, 0.717) is 17.2 Å². The second-order valence-corrected chi connectivity index (χ2v) is 4.33.